The maximum atomic E-state index is 6.06. The van der Waals surface area contributed by atoms with E-state index in [0.717, 1.165) is 69.2 Å². The Balaban J connectivity index is 0.00000240. The Labute approximate surface area is 207 Å². The fraction of sp³-hybridized carbons (Fsp3) is 0.455. The van der Waals surface area contributed by atoms with Crippen LogP contribution in [0.15, 0.2) is 36.4 Å². The molecule has 1 fully saturated rings. The smallest absolute Gasteiger partial charge is 0.161 e. The van der Waals surface area contributed by atoms with Crippen molar-refractivity contribution in [2.24, 2.45) is 0 Å². The summed E-state index contributed by atoms with van der Waals surface area (Å²) in [6.45, 7) is 7.08. The molecule has 1 N–H and O–H groups in total. The largest absolute Gasteiger partial charge is 1.00 e. The van der Waals surface area contributed by atoms with Crippen LogP contribution in [0.25, 0.3) is 0 Å². The van der Waals surface area contributed by atoms with E-state index in [1.54, 1.807) is 13.2 Å². The molecule has 0 unspecified atom stereocenters. The predicted molar refractivity (Wildman–Crippen MR) is 117 cm³/mol. The first-order chi connectivity index (χ1) is 14.2. The summed E-state index contributed by atoms with van der Waals surface area (Å²) in [6, 6.07) is 11.5. The van der Waals surface area contributed by atoms with Crippen LogP contribution in [0.1, 0.15) is 17.5 Å². The van der Waals surface area contributed by atoms with E-state index in [1.807, 2.05) is 24.3 Å². The molecule has 31 heavy (non-hydrogen) atoms. The Morgan fingerprint density at radius 1 is 0.968 bits per heavy atom. The molecule has 5 nitrogen and oxygen atoms in total. The minimum Gasteiger partial charge on any atom is -1.00 e. The van der Waals surface area contributed by atoms with Crippen LogP contribution in [0.4, 0.5) is 0 Å². The number of nitrogens with one attached hydrogen (secondary N) is 1. The quantitative estimate of drug-likeness (QED) is 0.391. The van der Waals surface area contributed by atoms with Crippen LogP contribution in [-0.2, 0) is 17.9 Å². The zero-order chi connectivity index (χ0) is 20.5. The lowest BCUT2D eigenvalue weighted by molar-refractivity contribution is -0.001000. The van der Waals surface area contributed by atoms with Gasteiger partial charge in [0.15, 0.2) is 11.5 Å². The molecule has 0 aliphatic carbocycles. The fourth-order valence-electron chi connectivity index (χ4n) is 3.22. The fourth-order valence-corrected chi connectivity index (χ4v) is 3.54. The van der Waals surface area contributed by atoms with Gasteiger partial charge >= 0.3 is 0 Å². The summed E-state index contributed by atoms with van der Waals surface area (Å²) in [4.78, 5) is 2.45. The minimum absolute atomic E-state index is 0. The van der Waals surface area contributed by atoms with Crippen molar-refractivity contribution in [3.8, 4) is 11.5 Å². The standard InChI is InChI=1S/C22H28Cl2N2O3.2ClH/c1-27-22-14-17(15-25-7-2-8-26-9-11-28-12-10-26)4-6-21(22)29-16-18-3-5-19(23)20(24)13-18;;/h3-6,13-14,25H,2,7-12,15-16H2,1H3;2*1H/p-2. The van der Waals surface area contributed by atoms with E-state index in [1.165, 1.54) is 0 Å². The first-order valence-corrected chi connectivity index (χ1v) is 10.7. The third kappa shape index (κ3) is 9.22. The molecule has 174 valence electrons. The normalized spacial score (nSPS) is 13.8. The number of morpholine rings is 1. The minimum atomic E-state index is 0. The summed E-state index contributed by atoms with van der Waals surface area (Å²) in [6.07, 6.45) is 1.13. The maximum absolute atomic E-state index is 6.06. The van der Waals surface area contributed by atoms with Crippen LogP contribution < -0.4 is 39.6 Å². The molecule has 0 saturated carbocycles. The van der Waals surface area contributed by atoms with Crippen LogP contribution in [0, 0.1) is 0 Å². The average molecular weight is 510 g/mol. The van der Waals surface area contributed by atoms with Gasteiger partial charge in [-0.2, -0.15) is 0 Å². The highest BCUT2D eigenvalue weighted by molar-refractivity contribution is 6.42. The molecule has 2 aromatic rings. The summed E-state index contributed by atoms with van der Waals surface area (Å²) < 4.78 is 16.8. The lowest BCUT2D eigenvalue weighted by atomic mass is 10.2. The number of hydrogen-bond acceptors (Lipinski definition) is 5. The number of benzene rings is 2. The second-order valence-corrected chi connectivity index (χ2v) is 7.82. The second-order valence-electron chi connectivity index (χ2n) is 7.01. The highest BCUT2D eigenvalue weighted by atomic mass is 35.5. The van der Waals surface area contributed by atoms with Crippen LogP contribution in [-0.4, -0.2) is 51.4 Å². The van der Waals surface area contributed by atoms with E-state index in [9.17, 15) is 0 Å². The number of halogens is 4. The third-order valence-corrected chi connectivity index (χ3v) is 5.61. The lowest BCUT2D eigenvalue weighted by Gasteiger charge is -2.26. The van der Waals surface area contributed by atoms with Crippen molar-refractivity contribution in [2.45, 2.75) is 19.6 Å². The third-order valence-electron chi connectivity index (χ3n) is 4.87. The molecule has 0 aromatic heterocycles. The van der Waals surface area contributed by atoms with Crippen LogP contribution >= 0.6 is 23.2 Å². The predicted octanol–water partition coefficient (Wildman–Crippen LogP) is -1.60. The van der Waals surface area contributed by atoms with Gasteiger partial charge in [-0.25, -0.2) is 0 Å². The summed E-state index contributed by atoms with van der Waals surface area (Å²) >= 11 is 12.0. The van der Waals surface area contributed by atoms with Gasteiger partial charge in [0, 0.05) is 19.6 Å². The van der Waals surface area contributed by atoms with Crippen molar-refractivity contribution >= 4 is 23.2 Å². The number of rotatable bonds is 10. The van der Waals surface area contributed by atoms with Crippen LogP contribution in [0.2, 0.25) is 10.0 Å². The molecule has 0 radical (unpaired) electrons. The molecular formula is C22H28Cl4N2O3-2. The zero-order valence-corrected chi connectivity index (χ0v) is 20.5. The number of hydrogen-bond donors (Lipinski definition) is 1. The van der Waals surface area contributed by atoms with Gasteiger partial charge in [-0.1, -0.05) is 35.3 Å². The van der Waals surface area contributed by atoms with Gasteiger partial charge in [0.1, 0.15) is 6.61 Å². The van der Waals surface area contributed by atoms with Gasteiger partial charge in [0.25, 0.3) is 0 Å². The van der Waals surface area contributed by atoms with Crippen molar-refractivity contribution in [1.82, 2.24) is 10.2 Å². The molecule has 0 bridgehead atoms. The van der Waals surface area contributed by atoms with Gasteiger partial charge in [-0.15, -0.1) is 0 Å². The monoisotopic (exact) mass is 508 g/mol. The van der Waals surface area contributed by atoms with Gasteiger partial charge in [0.2, 0.25) is 0 Å². The van der Waals surface area contributed by atoms with Gasteiger partial charge in [-0.3, -0.25) is 4.90 Å². The molecule has 1 saturated heterocycles. The molecule has 0 amide bonds. The Morgan fingerprint density at radius 2 is 1.71 bits per heavy atom. The number of nitrogens with zero attached hydrogens (tertiary/aromatic N) is 1. The summed E-state index contributed by atoms with van der Waals surface area (Å²) in [7, 11) is 1.65. The summed E-state index contributed by atoms with van der Waals surface area (Å²) in [5.74, 6) is 1.42. The average Bonchev–Trinajstić information content (AvgIpc) is 2.75. The van der Waals surface area contributed by atoms with E-state index < -0.39 is 0 Å². The van der Waals surface area contributed by atoms with Crippen LogP contribution in [0.3, 0.4) is 0 Å². The number of methoxy groups -OCH3 is 1. The first kappa shape index (κ1) is 28.1. The molecule has 2 aromatic carbocycles. The molecule has 1 aliphatic heterocycles. The van der Waals surface area contributed by atoms with E-state index in [2.05, 4.69) is 16.3 Å². The Hall–Kier alpha value is -0.920. The Morgan fingerprint density at radius 3 is 2.42 bits per heavy atom. The van der Waals surface area contributed by atoms with E-state index in [4.69, 9.17) is 37.4 Å². The van der Waals surface area contributed by atoms with Gasteiger partial charge in [-0.05, 0) is 54.9 Å². The van der Waals surface area contributed by atoms with Gasteiger partial charge in [0.05, 0.1) is 30.4 Å². The van der Waals surface area contributed by atoms with E-state index >= 15 is 0 Å². The molecule has 1 aliphatic rings. The highest BCUT2D eigenvalue weighted by Crippen LogP contribution is 2.29. The van der Waals surface area contributed by atoms with Crippen molar-refractivity contribution in [2.75, 3.05) is 46.5 Å². The number of ether oxygens (including phenoxy) is 3. The Bertz CT molecular complexity index is 789. The van der Waals surface area contributed by atoms with Gasteiger partial charge < -0.3 is 44.3 Å². The van der Waals surface area contributed by atoms with Crippen molar-refractivity contribution in [1.29, 1.82) is 0 Å². The zero-order valence-electron chi connectivity index (χ0n) is 17.5. The molecule has 9 heteroatoms. The van der Waals surface area contributed by atoms with E-state index in [-0.39, 0.29) is 24.8 Å². The highest BCUT2D eigenvalue weighted by Gasteiger charge is 2.10. The maximum Gasteiger partial charge on any atom is 0.161 e. The summed E-state index contributed by atoms with van der Waals surface area (Å²) in [5.41, 5.74) is 2.11. The van der Waals surface area contributed by atoms with Crippen molar-refractivity contribution < 1.29 is 39.0 Å². The summed E-state index contributed by atoms with van der Waals surface area (Å²) in [5, 5.41) is 4.56. The second kappa shape index (κ2) is 15.0. The Kier molecular flexibility index (Phi) is 13.6. The van der Waals surface area contributed by atoms with Crippen molar-refractivity contribution in [3.05, 3.63) is 57.6 Å². The van der Waals surface area contributed by atoms with Crippen molar-refractivity contribution in [3.63, 3.8) is 0 Å². The van der Waals surface area contributed by atoms with E-state index in [0.29, 0.717) is 22.4 Å². The molecule has 1 heterocycles. The molecule has 3 rings (SSSR count). The lowest BCUT2D eigenvalue weighted by Crippen LogP contribution is -3.00. The van der Waals surface area contributed by atoms with Crippen LogP contribution in [0.5, 0.6) is 11.5 Å². The molecule has 0 atom stereocenters. The topological polar surface area (TPSA) is 43.0 Å². The first-order valence-electron chi connectivity index (χ1n) is 9.90. The molecule has 0 spiro atoms. The SMILES string of the molecule is COc1cc(CNCCCN2CCOCC2)ccc1OCc1ccc(Cl)c(Cl)c1.[Cl-].[Cl-]. The molecular weight excluding hydrogens is 482 g/mol.